The predicted molar refractivity (Wildman–Crippen MR) is 49.6 cm³/mol. The van der Waals surface area contributed by atoms with Crippen LogP contribution in [0.25, 0.3) is 0 Å². The first kappa shape index (κ1) is 11.0. The van der Waals surface area contributed by atoms with Gasteiger partial charge in [0, 0.05) is 12.8 Å². The number of carboxylic acids is 1. The Morgan fingerprint density at radius 1 is 1.69 bits per heavy atom. The third-order valence-corrected chi connectivity index (χ3v) is 2.79. The summed E-state index contributed by atoms with van der Waals surface area (Å²) in [7, 11) is 0. The number of rotatable bonds is 3. The number of carbonyl (C=O) groups is 1. The predicted octanol–water partition coefficient (Wildman–Crippen LogP) is 1.51. The van der Waals surface area contributed by atoms with Crippen LogP contribution >= 0.6 is 0 Å². The lowest BCUT2D eigenvalue weighted by Crippen LogP contribution is -2.28. The molecule has 1 N–H and O–H groups in total. The van der Waals surface area contributed by atoms with Crippen LogP contribution in [0.1, 0.15) is 42.3 Å². The van der Waals surface area contributed by atoms with Gasteiger partial charge in [0.25, 0.3) is 11.7 Å². The Morgan fingerprint density at radius 2 is 2.38 bits per heavy atom. The molecule has 0 aliphatic carbocycles. The molecule has 1 aliphatic heterocycles. The first-order valence-electron chi connectivity index (χ1n) is 5.02. The van der Waals surface area contributed by atoms with Crippen LogP contribution in [0, 0.1) is 0 Å². The van der Waals surface area contributed by atoms with Crippen molar-refractivity contribution < 1.29 is 18.7 Å². The third-order valence-electron chi connectivity index (χ3n) is 2.79. The highest BCUT2D eigenvalue weighted by molar-refractivity contribution is 5.82. The lowest BCUT2D eigenvalue weighted by molar-refractivity contribution is -0.0555. The number of hydrogen-bond acceptors (Lipinski definition) is 3. The van der Waals surface area contributed by atoms with E-state index in [4.69, 9.17) is 5.11 Å². The van der Waals surface area contributed by atoms with Gasteiger partial charge in [-0.05, 0) is 6.42 Å². The minimum Gasteiger partial charge on any atom is -0.475 e. The van der Waals surface area contributed by atoms with Crippen LogP contribution in [0.4, 0.5) is 8.78 Å². The van der Waals surface area contributed by atoms with Crippen LogP contribution in [0.2, 0.25) is 0 Å². The highest BCUT2D eigenvalue weighted by Gasteiger charge is 2.44. The fraction of sp³-hybridized carbons (Fsp3) is 0.667. The second-order valence-corrected chi connectivity index (χ2v) is 3.77. The summed E-state index contributed by atoms with van der Waals surface area (Å²) < 4.78 is 28.1. The van der Waals surface area contributed by atoms with E-state index in [1.54, 1.807) is 0 Å². The fourth-order valence-electron chi connectivity index (χ4n) is 1.88. The van der Waals surface area contributed by atoms with Crippen molar-refractivity contribution in [2.24, 2.45) is 0 Å². The zero-order chi connectivity index (χ0) is 11.9. The maximum absolute atomic E-state index is 13.5. The molecule has 1 unspecified atom stereocenters. The van der Waals surface area contributed by atoms with E-state index in [2.05, 4.69) is 10.1 Å². The van der Waals surface area contributed by atoms with Gasteiger partial charge in [0.2, 0.25) is 0 Å². The van der Waals surface area contributed by atoms with Gasteiger partial charge in [-0.25, -0.2) is 23.2 Å². The number of fused-ring (bicyclic) bond motifs is 1. The summed E-state index contributed by atoms with van der Waals surface area (Å²) >= 11 is 0. The van der Waals surface area contributed by atoms with Gasteiger partial charge < -0.3 is 5.11 Å². The van der Waals surface area contributed by atoms with E-state index in [0.29, 0.717) is 12.2 Å². The van der Waals surface area contributed by atoms with Gasteiger partial charge in [-0.3, -0.25) is 0 Å². The molecule has 88 valence electrons. The highest BCUT2D eigenvalue weighted by Crippen LogP contribution is 2.39. The van der Waals surface area contributed by atoms with E-state index in [1.807, 2.05) is 0 Å². The molecule has 16 heavy (non-hydrogen) atoms. The molecule has 0 fully saturated rings. The number of halogens is 2. The summed E-state index contributed by atoms with van der Waals surface area (Å²) in [5.41, 5.74) is 0. The van der Waals surface area contributed by atoms with Crippen molar-refractivity contribution in [1.29, 1.82) is 0 Å². The normalized spacial score (nSPS) is 19.8. The van der Waals surface area contributed by atoms with Gasteiger partial charge in [-0.15, -0.1) is 5.10 Å². The zero-order valence-corrected chi connectivity index (χ0v) is 8.65. The smallest absolute Gasteiger partial charge is 0.375 e. The Morgan fingerprint density at radius 3 is 2.94 bits per heavy atom. The van der Waals surface area contributed by atoms with Gasteiger partial charge in [0.1, 0.15) is 11.9 Å². The molecule has 1 atom stereocenters. The van der Waals surface area contributed by atoms with Crippen LogP contribution < -0.4 is 0 Å². The number of hydrogen-bond donors (Lipinski definition) is 1. The van der Waals surface area contributed by atoms with Gasteiger partial charge in [0.05, 0.1) is 0 Å². The first-order valence-corrected chi connectivity index (χ1v) is 5.02. The maximum Gasteiger partial charge on any atom is 0.375 e. The zero-order valence-electron chi connectivity index (χ0n) is 8.65. The van der Waals surface area contributed by atoms with Crippen LogP contribution in [0.3, 0.4) is 0 Å². The van der Waals surface area contributed by atoms with E-state index in [9.17, 15) is 13.6 Å². The second kappa shape index (κ2) is 3.50. The molecule has 1 aliphatic rings. The highest BCUT2D eigenvalue weighted by atomic mass is 19.3. The quantitative estimate of drug-likeness (QED) is 0.856. The lowest BCUT2D eigenvalue weighted by atomic mass is 10.1. The van der Waals surface area contributed by atoms with E-state index >= 15 is 0 Å². The number of aryl methyl sites for hydroxylation is 1. The van der Waals surface area contributed by atoms with Crippen LogP contribution in [-0.4, -0.2) is 31.8 Å². The summed E-state index contributed by atoms with van der Waals surface area (Å²) in [6.45, 7) is 1.40. The maximum atomic E-state index is 13.5. The van der Waals surface area contributed by atoms with Gasteiger partial charge >= 0.3 is 5.97 Å². The minimum atomic E-state index is -2.87. The van der Waals surface area contributed by atoms with Crippen molar-refractivity contribution >= 4 is 5.97 Å². The number of carboxylic acid groups (broad SMARTS) is 1. The standard InChI is InChI=1S/C9H11F2N3O2/c1-2-9(10,11)5-3-4-6-12-7(8(15)16)13-14(5)6/h5H,2-4H2,1H3,(H,15,16). The largest absolute Gasteiger partial charge is 0.475 e. The molecule has 5 nitrogen and oxygen atoms in total. The van der Waals surface area contributed by atoms with E-state index in [1.165, 1.54) is 6.92 Å². The minimum absolute atomic E-state index is 0.260. The Bertz CT molecular complexity index is 430. The molecule has 1 aromatic heterocycles. The molecule has 0 aromatic carbocycles. The Hall–Kier alpha value is -1.53. The molecule has 2 rings (SSSR count). The second-order valence-electron chi connectivity index (χ2n) is 3.77. The Balaban J connectivity index is 2.35. The van der Waals surface area contributed by atoms with Crippen molar-refractivity contribution in [2.45, 2.75) is 38.2 Å². The van der Waals surface area contributed by atoms with Crippen molar-refractivity contribution in [1.82, 2.24) is 14.8 Å². The average Bonchev–Trinajstić information content (AvgIpc) is 2.75. The summed E-state index contributed by atoms with van der Waals surface area (Å²) in [6.07, 6.45) is 0.315. The molecule has 7 heteroatoms. The van der Waals surface area contributed by atoms with Crippen molar-refractivity contribution in [3.05, 3.63) is 11.6 Å². The molecular formula is C9H11F2N3O2. The van der Waals surface area contributed by atoms with Gasteiger partial charge in [-0.1, -0.05) is 6.92 Å². The van der Waals surface area contributed by atoms with Crippen molar-refractivity contribution in [2.75, 3.05) is 0 Å². The molecule has 0 saturated carbocycles. The SMILES string of the molecule is CCC(F)(F)C1CCc2nc(C(=O)O)nn21. The molecule has 0 saturated heterocycles. The van der Waals surface area contributed by atoms with E-state index in [-0.39, 0.29) is 12.8 Å². The summed E-state index contributed by atoms with van der Waals surface area (Å²) in [4.78, 5) is 14.3. The number of alkyl halides is 2. The average molecular weight is 231 g/mol. The van der Waals surface area contributed by atoms with Crippen LogP contribution in [0.5, 0.6) is 0 Å². The number of nitrogens with zero attached hydrogens (tertiary/aromatic N) is 3. The molecule has 0 bridgehead atoms. The summed E-state index contributed by atoms with van der Waals surface area (Å²) in [6, 6.07) is -1.06. The van der Waals surface area contributed by atoms with Gasteiger partial charge in [0.15, 0.2) is 0 Å². The third kappa shape index (κ3) is 1.56. The van der Waals surface area contributed by atoms with Crippen LogP contribution in [0.15, 0.2) is 0 Å². The summed E-state index contributed by atoms with van der Waals surface area (Å²) in [5.74, 6) is -4.24. The fourth-order valence-corrected chi connectivity index (χ4v) is 1.88. The molecule has 0 amide bonds. The number of aromatic carboxylic acids is 1. The Kier molecular flexibility index (Phi) is 2.40. The lowest BCUT2D eigenvalue weighted by Gasteiger charge is -2.21. The van der Waals surface area contributed by atoms with Crippen molar-refractivity contribution in [3.63, 3.8) is 0 Å². The van der Waals surface area contributed by atoms with E-state index < -0.39 is 23.8 Å². The van der Waals surface area contributed by atoms with Crippen molar-refractivity contribution in [3.8, 4) is 0 Å². The van der Waals surface area contributed by atoms with Crippen LogP contribution in [-0.2, 0) is 6.42 Å². The summed E-state index contributed by atoms with van der Waals surface area (Å²) in [5, 5.41) is 12.3. The number of aromatic nitrogens is 3. The molecule has 0 radical (unpaired) electrons. The Labute approximate surface area is 90.1 Å². The van der Waals surface area contributed by atoms with E-state index in [0.717, 1.165) is 4.68 Å². The molecular weight excluding hydrogens is 220 g/mol. The molecule has 2 heterocycles. The van der Waals surface area contributed by atoms with Gasteiger partial charge in [-0.2, -0.15) is 0 Å². The molecule has 1 aromatic rings. The topological polar surface area (TPSA) is 68.0 Å². The molecule has 0 spiro atoms. The first-order chi connectivity index (χ1) is 7.45. The monoisotopic (exact) mass is 231 g/mol.